The van der Waals surface area contributed by atoms with E-state index in [2.05, 4.69) is 54.3 Å². The van der Waals surface area contributed by atoms with Gasteiger partial charge in [0.15, 0.2) is 5.78 Å². The molecule has 34 heavy (non-hydrogen) atoms. The third-order valence-corrected chi connectivity index (χ3v) is 7.13. The number of carbonyl (C=O) groups excluding carboxylic acids is 1. The second kappa shape index (κ2) is 8.65. The van der Waals surface area contributed by atoms with E-state index in [1.807, 2.05) is 24.4 Å². The number of rotatable bonds is 4. The van der Waals surface area contributed by atoms with Gasteiger partial charge in [-0.25, -0.2) is 4.98 Å². The molecule has 0 saturated carbocycles. The molecule has 1 atom stereocenters. The number of ketones is 1. The summed E-state index contributed by atoms with van der Waals surface area (Å²) < 4.78 is 5.45. The van der Waals surface area contributed by atoms with Crippen LogP contribution in [-0.2, 0) is 22.5 Å². The van der Waals surface area contributed by atoms with Gasteiger partial charge in [0, 0.05) is 48.3 Å². The molecular weight excluding hydrogens is 422 g/mol. The fourth-order valence-electron chi connectivity index (χ4n) is 5.16. The Hall–Kier alpha value is -3.57. The van der Waals surface area contributed by atoms with Crippen LogP contribution in [0.2, 0.25) is 0 Å². The maximum Gasteiger partial charge on any atom is 0.163 e. The van der Waals surface area contributed by atoms with E-state index in [1.165, 1.54) is 11.1 Å². The molecule has 1 aliphatic carbocycles. The van der Waals surface area contributed by atoms with E-state index in [0.717, 1.165) is 65.7 Å². The molecule has 2 aromatic carbocycles. The van der Waals surface area contributed by atoms with E-state index >= 15 is 0 Å². The average molecular weight is 450 g/mol. The largest absolute Gasteiger partial charge is 0.378 e. The fraction of sp³-hybridized carbons (Fsp3) is 0.276. The Balaban J connectivity index is 1.31. The maximum absolute atomic E-state index is 13.0. The summed E-state index contributed by atoms with van der Waals surface area (Å²) in [5.74, 6) is 1.27. The third kappa shape index (κ3) is 3.76. The zero-order valence-corrected chi connectivity index (χ0v) is 19.3. The Labute approximate surface area is 199 Å². The Morgan fingerprint density at radius 2 is 1.82 bits per heavy atom. The van der Waals surface area contributed by atoms with Gasteiger partial charge >= 0.3 is 0 Å². The topological polar surface area (TPSA) is 54.8 Å². The number of anilines is 1. The highest BCUT2D eigenvalue weighted by molar-refractivity contribution is 6.16. The quantitative estimate of drug-likeness (QED) is 0.585. The molecule has 0 radical (unpaired) electrons. The van der Waals surface area contributed by atoms with Gasteiger partial charge in [-0.2, -0.15) is 0 Å². The van der Waals surface area contributed by atoms with Gasteiger partial charge in [0.05, 0.1) is 25.5 Å². The van der Waals surface area contributed by atoms with Crippen LogP contribution < -0.4 is 4.90 Å². The van der Waals surface area contributed by atoms with Crippen LogP contribution in [0.1, 0.15) is 46.2 Å². The Bertz CT molecular complexity index is 1300. The lowest BCUT2D eigenvalue weighted by Gasteiger charge is -2.27. The molecule has 3 aliphatic rings. The molecule has 2 aliphatic heterocycles. The van der Waals surface area contributed by atoms with Crippen molar-refractivity contribution in [1.82, 2.24) is 4.98 Å². The van der Waals surface area contributed by atoms with E-state index in [-0.39, 0.29) is 11.7 Å². The van der Waals surface area contributed by atoms with Crippen LogP contribution >= 0.6 is 0 Å². The number of allylic oxidation sites excluding steroid dienone is 1. The number of fused-ring (bicyclic) bond motifs is 2. The number of aliphatic imine (C=N–C) groups is 1. The third-order valence-electron chi connectivity index (χ3n) is 7.13. The molecule has 1 saturated heterocycles. The number of morpholine rings is 1. The van der Waals surface area contributed by atoms with Gasteiger partial charge in [-0.1, -0.05) is 43.3 Å². The zero-order chi connectivity index (χ0) is 23.1. The molecule has 3 heterocycles. The highest BCUT2D eigenvalue weighted by atomic mass is 16.5. The van der Waals surface area contributed by atoms with Gasteiger partial charge in [-0.05, 0) is 46.5 Å². The summed E-state index contributed by atoms with van der Waals surface area (Å²) in [5.41, 5.74) is 8.63. The maximum atomic E-state index is 13.0. The minimum Gasteiger partial charge on any atom is -0.378 e. The number of carbonyl (C=O) groups is 1. The summed E-state index contributed by atoms with van der Waals surface area (Å²) in [6.45, 7) is 6.00. The van der Waals surface area contributed by atoms with Crippen LogP contribution in [0.3, 0.4) is 0 Å². The number of benzene rings is 2. The summed E-state index contributed by atoms with van der Waals surface area (Å²) in [7, 11) is 0. The lowest BCUT2D eigenvalue weighted by atomic mass is 9.81. The Kier molecular flexibility index (Phi) is 5.34. The summed E-state index contributed by atoms with van der Waals surface area (Å²) >= 11 is 0. The lowest BCUT2D eigenvalue weighted by molar-refractivity contribution is -0.115. The highest BCUT2D eigenvalue weighted by Gasteiger charge is 2.27. The van der Waals surface area contributed by atoms with Gasteiger partial charge in [-0.15, -0.1) is 0 Å². The minimum atomic E-state index is 0.0696. The van der Waals surface area contributed by atoms with E-state index < -0.39 is 0 Å². The normalized spacial score (nSPS) is 18.1. The standard InChI is InChI=1S/C29H27N3O2/c1-19(20-5-3-2-4-6-20)25-14-23-15-26-24(13-22(23)16-27(25)33)18-31-29(26)21-7-8-28(30-17-21)32-9-11-34-12-10-32/h2-8,13-15,17,19H,9-12,16,18H2,1H3. The van der Waals surface area contributed by atoms with Crippen molar-refractivity contribution in [2.75, 3.05) is 31.2 Å². The molecule has 1 aromatic heterocycles. The van der Waals surface area contributed by atoms with Gasteiger partial charge in [0.2, 0.25) is 0 Å². The summed E-state index contributed by atoms with van der Waals surface area (Å²) in [5, 5.41) is 0. The van der Waals surface area contributed by atoms with Crippen molar-refractivity contribution in [2.45, 2.75) is 25.8 Å². The number of Topliss-reactive ketones (excluding diaryl/α,β-unsaturated/α-hetero) is 1. The molecular formula is C29H27N3O2. The summed E-state index contributed by atoms with van der Waals surface area (Å²) in [6.07, 6.45) is 4.48. The van der Waals surface area contributed by atoms with E-state index in [0.29, 0.717) is 13.0 Å². The van der Waals surface area contributed by atoms with Gasteiger partial charge < -0.3 is 9.64 Å². The molecule has 5 nitrogen and oxygen atoms in total. The molecule has 6 rings (SSSR count). The van der Waals surface area contributed by atoms with Crippen LogP contribution in [0.4, 0.5) is 5.82 Å². The van der Waals surface area contributed by atoms with Crippen molar-refractivity contribution in [3.8, 4) is 0 Å². The van der Waals surface area contributed by atoms with Crippen LogP contribution in [-0.4, -0.2) is 42.8 Å². The number of pyridine rings is 1. The molecule has 170 valence electrons. The number of aromatic nitrogens is 1. The first-order valence-corrected chi connectivity index (χ1v) is 12.0. The van der Waals surface area contributed by atoms with E-state index in [9.17, 15) is 4.79 Å². The number of ether oxygens (including phenoxy) is 1. The Morgan fingerprint density at radius 1 is 1.00 bits per heavy atom. The lowest BCUT2D eigenvalue weighted by Crippen LogP contribution is -2.36. The fourth-order valence-corrected chi connectivity index (χ4v) is 5.16. The predicted octanol–water partition coefficient (Wildman–Crippen LogP) is 4.58. The van der Waals surface area contributed by atoms with Crippen molar-refractivity contribution in [3.05, 3.63) is 99.7 Å². The molecule has 1 fully saturated rings. The molecule has 0 N–H and O–H groups in total. The first kappa shape index (κ1) is 21.0. The molecule has 0 spiro atoms. The SMILES string of the molecule is CC(C1=Cc2cc3c(cc2CC1=O)CN=C3c1ccc(N2CCOCC2)nc1)c1ccccc1. The van der Waals surface area contributed by atoms with Crippen molar-refractivity contribution in [2.24, 2.45) is 4.99 Å². The van der Waals surface area contributed by atoms with Crippen molar-refractivity contribution < 1.29 is 9.53 Å². The minimum absolute atomic E-state index is 0.0696. The summed E-state index contributed by atoms with van der Waals surface area (Å²) in [6, 6.07) is 18.8. The van der Waals surface area contributed by atoms with E-state index in [1.54, 1.807) is 0 Å². The van der Waals surface area contributed by atoms with Crippen LogP contribution in [0, 0.1) is 0 Å². The average Bonchev–Trinajstić information content (AvgIpc) is 3.30. The second-order valence-electron chi connectivity index (χ2n) is 9.21. The van der Waals surface area contributed by atoms with Gasteiger partial charge in [0.25, 0.3) is 0 Å². The van der Waals surface area contributed by atoms with Crippen LogP contribution in [0.5, 0.6) is 0 Å². The van der Waals surface area contributed by atoms with Crippen molar-refractivity contribution >= 4 is 23.4 Å². The van der Waals surface area contributed by atoms with Crippen molar-refractivity contribution in [3.63, 3.8) is 0 Å². The first-order chi connectivity index (χ1) is 16.7. The van der Waals surface area contributed by atoms with Crippen LogP contribution in [0.15, 0.2) is 71.4 Å². The smallest absolute Gasteiger partial charge is 0.163 e. The van der Waals surface area contributed by atoms with Gasteiger partial charge in [0.1, 0.15) is 5.82 Å². The van der Waals surface area contributed by atoms with E-state index in [4.69, 9.17) is 14.7 Å². The molecule has 0 bridgehead atoms. The monoisotopic (exact) mass is 449 g/mol. The highest BCUT2D eigenvalue weighted by Crippen LogP contribution is 2.35. The van der Waals surface area contributed by atoms with Gasteiger partial charge in [-0.3, -0.25) is 9.79 Å². The molecule has 3 aromatic rings. The predicted molar refractivity (Wildman–Crippen MR) is 135 cm³/mol. The number of hydrogen-bond acceptors (Lipinski definition) is 5. The molecule has 5 heteroatoms. The van der Waals surface area contributed by atoms with Crippen molar-refractivity contribution in [1.29, 1.82) is 0 Å². The Morgan fingerprint density at radius 3 is 2.59 bits per heavy atom. The number of nitrogens with zero attached hydrogens (tertiary/aromatic N) is 3. The molecule has 0 amide bonds. The number of hydrogen-bond donors (Lipinski definition) is 0. The van der Waals surface area contributed by atoms with Crippen LogP contribution in [0.25, 0.3) is 6.08 Å². The molecule has 1 unspecified atom stereocenters. The zero-order valence-electron chi connectivity index (χ0n) is 19.3. The summed E-state index contributed by atoms with van der Waals surface area (Å²) in [4.78, 5) is 24.8. The second-order valence-corrected chi connectivity index (χ2v) is 9.21. The first-order valence-electron chi connectivity index (χ1n) is 12.0.